The van der Waals surface area contributed by atoms with E-state index in [1.165, 1.54) is 17.3 Å². The molecule has 3 rings (SSSR count). The van der Waals surface area contributed by atoms with Crippen LogP contribution >= 0.6 is 0 Å². The lowest BCUT2D eigenvalue weighted by Gasteiger charge is -2.14. The van der Waals surface area contributed by atoms with Crippen molar-refractivity contribution < 1.29 is 9.53 Å². The Morgan fingerprint density at radius 3 is 2.67 bits per heavy atom. The van der Waals surface area contributed by atoms with E-state index in [2.05, 4.69) is 20.4 Å². The molecule has 7 nitrogen and oxygen atoms in total. The number of amides is 1. The van der Waals surface area contributed by atoms with Gasteiger partial charge < -0.3 is 10.1 Å². The Labute approximate surface area is 139 Å². The van der Waals surface area contributed by atoms with Gasteiger partial charge in [-0.3, -0.25) is 9.78 Å². The summed E-state index contributed by atoms with van der Waals surface area (Å²) in [6.07, 6.45) is 6.26. The van der Waals surface area contributed by atoms with Crippen LogP contribution in [0.15, 0.2) is 55.4 Å². The number of carbonyl (C=O) groups is 1. The van der Waals surface area contributed by atoms with Crippen molar-refractivity contribution >= 4 is 11.6 Å². The van der Waals surface area contributed by atoms with Crippen molar-refractivity contribution in [2.75, 3.05) is 5.32 Å². The molecule has 3 aromatic rings. The number of ether oxygens (including phenoxy) is 1. The lowest BCUT2D eigenvalue weighted by molar-refractivity contribution is -0.119. The van der Waals surface area contributed by atoms with Crippen molar-refractivity contribution in [3.8, 4) is 11.5 Å². The fourth-order valence-corrected chi connectivity index (χ4v) is 2.16. The van der Waals surface area contributed by atoms with Crippen LogP contribution < -0.4 is 10.1 Å². The van der Waals surface area contributed by atoms with Crippen LogP contribution in [0.2, 0.25) is 0 Å². The minimum atomic E-state index is -0.444. The zero-order valence-corrected chi connectivity index (χ0v) is 13.4. The summed E-state index contributed by atoms with van der Waals surface area (Å²) < 4.78 is 7.30. The topological polar surface area (TPSA) is 81.9 Å². The molecule has 0 saturated carbocycles. The minimum absolute atomic E-state index is 0.164. The average molecular weight is 323 g/mol. The summed E-state index contributed by atoms with van der Waals surface area (Å²) in [6.45, 7) is 3.69. The standard InChI is InChI=1S/C17H17N5O2/c1-12-9-14(21-17(23)13(2)22-11-19-10-20-22)3-4-16(12)24-15-5-7-18-8-6-15/h3-11,13H,1-2H3,(H,21,23). The summed E-state index contributed by atoms with van der Waals surface area (Å²) in [6, 6.07) is 8.62. The molecule has 0 radical (unpaired) electrons. The number of hydrogen-bond acceptors (Lipinski definition) is 5. The molecule has 1 unspecified atom stereocenters. The SMILES string of the molecule is Cc1cc(NC(=O)C(C)n2cncn2)ccc1Oc1ccncc1. The Hall–Kier alpha value is -3.22. The lowest BCUT2D eigenvalue weighted by Crippen LogP contribution is -2.24. The second-order valence-corrected chi connectivity index (χ2v) is 5.31. The number of carbonyl (C=O) groups excluding carboxylic acids is 1. The normalized spacial score (nSPS) is 11.8. The number of hydrogen-bond donors (Lipinski definition) is 1. The number of benzene rings is 1. The van der Waals surface area contributed by atoms with Gasteiger partial charge in [0, 0.05) is 18.1 Å². The summed E-state index contributed by atoms with van der Waals surface area (Å²) in [7, 11) is 0. The van der Waals surface area contributed by atoms with Crippen LogP contribution in [0.25, 0.3) is 0 Å². The van der Waals surface area contributed by atoms with Crippen LogP contribution in [0.1, 0.15) is 18.5 Å². The molecule has 2 aromatic heterocycles. The van der Waals surface area contributed by atoms with Gasteiger partial charge in [0.15, 0.2) is 0 Å². The maximum Gasteiger partial charge on any atom is 0.249 e. The van der Waals surface area contributed by atoms with Crippen molar-refractivity contribution in [1.29, 1.82) is 0 Å². The van der Waals surface area contributed by atoms with E-state index in [4.69, 9.17) is 4.74 Å². The minimum Gasteiger partial charge on any atom is -0.457 e. The summed E-state index contributed by atoms with van der Waals surface area (Å²) in [4.78, 5) is 20.1. The molecule has 0 aliphatic rings. The highest BCUT2D eigenvalue weighted by Crippen LogP contribution is 2.27. The molecule has 0 bridgehead atoms. The highest BCUT2D eigenvalue weighted by atomic mass is 16.5. The van der Waals surface area contributed by atoms with Gasteiger partial charge in [0.05, 0.1) is 0 Å². The monoisotopic (exact) mass is 323 g/mol. The van der Waals surface area contributed by atoms with Crippen LogP contribution in [0, 0.1) is 6.92 Å². The first-order chi connectivity index (χ1) is 11.6. The Morgan fingerprint density at radius 2 is 2.00 bits per heavy atom. The third-order valence-electron chi connectivity index (χ3n) is 3.53. The number of nitrogens with zero attached hydrogens (tertiary/aromatic N) is 4. The molecule has 2 heterocycles. The van der Waals surface area contributed by atoms with Crippen molar-refractivity contribution in [1.82, 2.24) is 19.7 Å². The molecule has 1 atom stereocenters. The smallest absolute Gasteiger partial charge is 0.249 e. The van der Waals surface area contributed by atoms with Gasteiger partial charge in [-0.1, -0.05) is 0 Å². The second kappa shape index (κ2) is 6.91. The number of pyridine rings is 1. The maximum absolute atomic E-state index is 12.3. The first-order valence-electron chi connectivity index (χ1n) is 7.47. The Bertz CT molecular complexity index is 818. The molecule has 24 heavy (non-hydrogen) atoms. The first kappa shape index (κ1) is 15.7. The average Bonchev–Trinajstić information content (AvgIpc) is 3.12. The molecule has 1 aromatic carbocycles. The van der Waals surface area contributed by atoms with Crippen molar-refractivity contribution in [3.05, 3.63) is 60.9 Å². The largest absolute Gasteiger partial charge is 0.457 e. The van der Waals surface area contributed by atoms with Crippen LogP contribution in [0.4, 0.5) is 5.69 Å². The quantitative estimate of drug-likeness (QED) is 0.780. The lowest BCUT2D eigenvalue weighted by atomic mass is 10.2. The predicted octanol–water partition coefficient (Wildman–Crippen LogP) is 2.97. The fraction of sp³-hybridized carbons (Fsp3) is 0.176. The van der Waals surface area contributed by atoms with E-state index < -0.39 is 6.04 Å². The highest BCUT2D eigenvalue weighted by Gasteiger charge is 2.16. The predicted molar refractivity (Wildman–Crippen MR) is 88.9 cm³/mol. The second-order valence-electron chi connectivity index (χ2n) is 5.31. The number of nitrogens with one attached hydrogen (secondary N) is 1. The molecule has 1 N–H and O–H groups in total. The van der Waals surface area contributed by atoms with Gasteiger partial charge in [-0.25, -0.2) is 9.67 Å². The van der Waals surface area contributed by atoms with Crippen molar-refractivity contribution in [2.24, 2.45) is 0 Å². The first-order valence-corrected chi connectivity index (χ1v) is 7.47. The van der Waals surface area contributed by atoms with Crippen LogP contribution in [-0.2, 0) is 4.79 Å². The number of aromatic nitrogens is 4. The Kier molecular flexibility index (Phi) is 4.51. The molecule has 0 aliphatic carbocycles. The van der Waals surface area contributed by atoms with Crippen molar-refractivity contribution in [3.63, 3.8) is 0 Å². The van der Waals surface area contributed by atoms with Gasteiger partial charge >= 0.3 is 0 Å². The summed E-state index contributed by atoms with van der Waals surface area (Å²) in [5.74, 6) is 1.27. The Balaban J connectivity index is 1.69. The van der Waals surface area contributed by atoms with E-state index in [0.717, 1.165) is 11.3 Å². The Morgan fingerprint density at radius 1 is 1.21 bits per heavy atom. The number of rotatable bonds is 5. The molecule has 0 spiro atoms. The van der Waals surface area contributed by atoms with E-state index in [-0.39, 0.29) is 5.91 Å². The molecule has 1 amide bonds. The summed E-state index contributed by atoms with van der Waals surface area (Å²) in [5, 5.41) is 6.85. The molecule has 7 heteroatoms. The molecule has 0 fully saturated rings. The molecule has 0 saturated heterocycles. The van der Waals surface area contributed by atoms with Gasteiger partial charge in [0.1, 0.15) is 30.2 Å². The van der Waals surface area contributed by atoms with Gasteiger partial charge in [-0.05, 0) is 49.7 Å². The van der Waals surface area contributed by atoms with Crippen molar-refractivity contribution in [2.45, 2.75) is 19.9 Å². The van der Waals surface area contributed by atoms with Crippen LogP contribution in [0.5, 0.6) is 11.5 Å². The summed E-state index contributed by atoms with van der Waals surface area (Å²) in [5.41, 5.74) is 1.62. The number of anilines is 1. The van der Waals surface area contributed by atoms with E-state index in [1.807, 2.05) is 19.1 Å². The summed E-state index contributed by atoms with van der Waals surface area (Å²) >= 11 is 0. The fourth-order valence-electron chi connectivity index (χ4n) is 2.16. The van der Waals surface area contributed by atoms with E-state index >= 15 is 0 Å². The zero-order chi connectivity index (χ0) is 16.9. The molecular formula is C17H17N5O2. The van der Waals surface area contributed by atoms with E-state index in [1.54, 1.807) is 37.5 Å². The van der Waals surface area contributed by atoms with Crippen LogP contribution in [-0.4, -0.2) is 25.7 Å². The van der Waals surface area contributed by atoms with Crippen LogP contribution in [0.3, 0.4) is 0 Å². The number of aryl methyl sites for hydroxylation is 1. The van der Waals surface area contributed by atoms with Gasteiger partial charge in [-0.15, -0.1) is 0 Å². The molecular weight excluding hydrogens is 306 g/mol. The van der Waals surface area contributed by atoms with E-state index in [9.17, 15) is 4.79 Å². The third-order valence-corrected chi connectivity index (χ3v) is 3.53. The van der Waals surface area contributed by atoms with E-state index in [0.29, 0.717) is 11.4 Å². The van der Waals surface area contributed by atoms with Gasteiger partial charge in [0.25, 0.3) is 0 Å². The van der Waals surface area contributed by atoms with Gasteiger partial charge in [0.2, 0.25) is 5.91 Å². The third kappa shape index (κ3) is 3.57. The highest BCUT2D eigenvalue weighted by molar-refractivity contribution is 5.93. The molecule has 0 aliphatic heterocycles. The molecule has 122 valence electrons. The van der Waals surface area contributed by atoms with Gasteiger partial charge in [-0.2, -0.15) is 5.10 Å². The zero-order valence-electron chi connectivity index (χ0n) is 13.4. The maximum atomic E-state index is 12.3.